The zero-order valence-electron chi connectivity index (χ0n) is 18.7. The molecule has 0 N–H and O–H groups in total. The van der Waals surface area contributed by atoms with Crippen LogP contribution in [0.25, 0.3) is 0 Å². The van der Waals surface area contributed by atoms with Gasteiger partial charge in [0.15, 0.2) is 11.5 Å². The number of methoxy groups -OCH3 is 1. The first-order valence-corrected chi connectivity index (χ1v) is 11.5. The molecule has 1 amide bonds. The summed E-state index contributed by atoms with van der Waals surface area (Å²) in [5.74, 6) is 1.37. The number of carbonyl (C=O) groups excluding carboxylic acids is 1. The van der Waals surface area contributed by atoms with Gasteiger partial charge in [0.2, 0.25) is 0 Å². The SMILES string of the molecule is COc1cc(C=Nc2ccccc2Cl)ccc1OCc1ccc(C(=O)N2CCCCC2)cc1. The number of carbonyl (C=O) groups is 1. The number of likely N-dealkylation sites (tertiary alicyclic amines) is 1. The lowest BCUT2D eigenvalue weighted by Crippen LogP contribution is -2.35. The molecule has 1 fully saturated rings. The molecule has 6 heteroatoms. The summed E-state index contributed by atoms with van der Waals surface area (Å²) in [4.78, 5) is 19.0. The number of halogens is 1. The van der Waals surface area contributed by atoms with E-state index in [0.717, 1.165) is 42.6 Å². The molecule has 0 unspecified atom stereocenters. The molecule has 1 saturated heterocycles. The molecule has 0 atom stereocenters. The fourth-order valence-electron chi connectivity index (χ4n) is 3.77. The monoisotopic (exact) mass is 462 g/mol. The van der Waals surface area contributed by atoms with E-state index in [0.29, 0.717) is 28.8 Å². The number of rotatable bonds is 7. The van der Waals surface area contributed by atoms with Crippen molar-refractivity contribution in [2.45, 2.75) is 25.9 Å². The number of hydrogen-bond acceptors (Lipinski definition) is 4. The van der Waals surface area contributed by atoms with Crippen LogP contribution in [0.2, 0.25) is 5.02 Å². The molecule has 5 nitrogen and oxygen atoms in total. The second-order valence-electron chi connectivity index (χ2n) is 7.96. The van der Waals surface area contributed by atoms with Crippen LogP contribution in [0.1, 0.15) is 40.7 Å². The normalized spacial score (nSPS) is 13.8. The molecule has 1 heterocycles. The van der Waals surface area contributed by atoms with Gasteiger partial charge in [-0.25, -0.2) is 0 Å². The minimum Gasteiger partial charge on any atom is -0.493 e. The third kappa shape index (κ3) is 5.93. The van der Waals surface area contributed by atoms with Crippen molar-refractivity contribution in [3.63, 3.8) is 0 Å². The van der Waals surface area contributed by atoms with Gasteiger partial charge in [0.1, 0.15) is 6.61 Å². The van der Waals surface area contributed by atoms with Gasteiger partial charge >= 0.3 is 0 Å². The van der Waals surface area contributed by atoms with Crippen LogP contribution in [0.5, 0.6) is 11.5 Å². The molecule has 3 aromatic rings. The second-order valence-corrected chi connectivity index (χ2v) is 8.37. The van der Waals surface area contributed by atoms with Gasteiger partial charge in [-0.1, -0.05) is 35.9 Å². The van der Waals surface area contributed by atoms with Crippen molar-refractivity contribution < 1.29 is 14.3 Å². The van der Waals surface area contributed by atoms with E-state index in [1.165, 1.54) is 6.42 Å². The maximum Gasteiger partial charge on any atom is 0.253 e. The number of hydrogen-bond donors (Lipinski definition) is 0. The van der Waals surface area contributed by atoms with E-state index in [9.17, 15) is 4.79 Å². The van der Waals surface area contributed by atoms with Crippen LogP contribution in [0.4, 0.5) is 5.69 Å². The van der Waals surface area contributed by atoms with Gasteiger partial charge in [0.25, 0.3) is 5.91 Å². The number of benzene rings is 3. The third-order valence-corrected chi connectivity index (χ3v) is 5.95. The molecule has 170 valence electrons. The van der Waals surface area contributed by atoms with E-state index in [1.54, 1.807) is 13.3 Å². The lowest BCUT2D eigenvalue weighted by atomic mass is 10.1. The fourth-order valence-corrected chi connectivity index (χ4v) is 3.95. The minimum absolute atomic E-state index is 0.109. The number of ether oxygens (including phenoxy) is 2. The predicted molar refractivity (Wildman–Crippen MR) is 132 cm³/mol. The van der Waals surface area contributed by atoms with E-state index < -0.39 is 0 Å². The maximum atomic E-state index is 12.6. The van der Waals surface area contributed by atoms with Gasteiger partial charge in [0, 0.05) is 24.9 Å². The summed E-state index contributed by atoms with van der Waals surface area (Å²) in [6, 6.07) is 20.7. The number of amides is 1. The third-order valence-electron chi connectivity index (χ3n) is 5.63. The Balaban J connectivity index is 1.38. The van der Waals surface area contributed by atoms with Crippen molar-refractivity contribution in [1.29, 1.82) is 0 Å². The molecular weight excluding hydrogens is 436 g/mol. The number of aliphatic imine (C=N–C) groups is 1. The van der Waals surface area contributed by atoms with Crippen LogP contribution >= 0.6 is 11.6 Å². The van der Waals surface area contributed by atoms with Gasteiger partial charge in [-0.2, -0.15) is 0 Å². The van der Waals surface area contributed by atoms with Crippen molar-refractivity contribution in [2.75, 3.05) is 20.2 Å². The highest BCUT2D eigenvalue weighted by Crippen LogP contribution is 2.29. The van der Waals surface area contributed by atoms with Crippen LogP contribution in [-0.4, -0.2) is 37.2 Å². The lowest BCUT2D eigenvalue weighted by molar-refractivity contribution is 0.0724. The summed E-state index contributed by atoms with van der Waals surface area (Å²) in [5.41, 5.74) is 3.29. The molecule has 4 rings (SSSR count). The Kier molecular flexibility index (Phi) is 7.63. The Morgan fingerprint density at radius 3 is 2.48 bits per heavy atom. The van der Waals surface area contributed by atoms with E-state index >= 15 is 0 Å². The van der Waals surface area contributed by atoms with Crippen LogP contribution < -0.4 is 9.47 Å². The summed E-state index contributed by atoms with van der Waals surface area (Å²) in [6.45, 7) is 2.08. The molecule has 0 saturated carbocycles. The standard InChI is InChI=1S/C27H27ClN2O3/c1-32-26-17-21(18-29-24-8-4-3-7-23(24)28)11-14-25(26)33-19-20-9-12-22(13-10-20)27(31)30-15-5-2-6-16-30/h3-4,7-14,17-18H,2,5-6,15-16,19H2,1H3. The average Bonchev–Trinajstić information content (AvgIpc) is 2.87. The van der Waals surface area contributed by atoms with Gasteiger partial charge in [-0.15, -0.1) is 0 Å². The Labute approximate surface area is 199 Å². The molecule has 33 heavy (non-hydrogen) atoms. The zero-order valence-corrected chi connectivity index (χ0v) is 19.4. The average molecular weight is 463 g/mol. The van der Waals surface area contributed by atoms with Crippen molar-refractivity contribution in [1.82, 2.24) is 4.90 Å². The van der Waals surface area contributed by atoms with E-state index in [2.05, 4.69) is 4.99 Å². The topological polar surface area (TPSA) is 51.1 Å². The molecule has 0 radical (unpaired) electrons. The number of piperidine rings is 1. The van der Waals surface area contributed by atoms with Gasteiger partial charge in [-0.3, -0.25) is 9.79 Å². The Morgan fingerprint density at radius 1 is 1.00 bits per heavy atom. The first-order chi connectivity index (χ1) is 16.1. The van der Waals surface area contributed by atoms with Crippen LogP contribution in [0.3, 0.4) is 0 Å². The van der Waals surface area contributed by atoms with Crippen molar-refractivity contribution in [3.8, 4) is 11.5 Å². The minimum atomic E-state index is 0.109. The Morgan fingerprint density at radius 2 is 1.76 bits per heavy atom. The number of para-hydroxylation sites is 1. The molecular formula is C27H27ClN2O3. The van der Waals surface area contributed by atoms with Gasteiger partial charge in [-0.05, 0) is 72.9 Å². The smallest absolute Gasteiger partial charge is 0.253 e. The molecule has 0 aromatic heterocycles. The summed E-state index contributed by atoms with van der Waals surface area (Å²) in [6.07, 6.45) is 5.12. The fraction of sp³-hybridized carbons (Fsp3) is 0.259. The van der Waals surface area contributed by atoms with E-state index in [-0.39, 0.29) is 5.91 Å². The van der Waals surface area contributed by atoms with Crippen molar-refractivity contribution >= 4 is 29.4 Å². The summed E-state index contributed by atoms with van der Waals surface area (Å²) in [7, 11) is 1.61. The Bertz CT molecular complexity index is 1120. The molecule has 0 bridgehead atoms. The largest absolute Gasteiger partial charge is 0.493 e. The zero-order chi connectivity index (χ0) is 23.0. The molecule has 3 aromatic carbocycles. The Hall–Kier alpha value is -3.31. The van der Waals surface area contributed by atoms with Crippen molar-refractivity contribution in [3.05, 3.63) is 88.4 Å². The van der Waals surface area contributed by atoms with E-state index in [1.807, 2.05) is 71.6 Å². The van der Waals surface area contributed by atoms with Crippen LogP contribution in [0.15, 0.2) is 71.7 Å². The first kappa shape index (κ1) is 22.9. The highest BCUT2D eigenvalue weighted by atomic mass is 35.5. The molecule has 1 aliphatic heterocycles. The first-order valence-electron chi connectivity index (χ1n) is 11.1. The highest BCUT2D eigenvalue weighted by Gasteiger charge is 2.18. The molecule has 1 aliphatic rings. The number of nitrogens with zero attached hydrogens (tertiary/aromatic N) is 2. The van der Waals surface area contributed by atoms with Gasteiger partial charge in [0.05, 0.1) is 17.8 Å². The highest BCUT2D eigenvalue weighted by molar-refractivity contribution is 6.33. The van der Waals surface area contributed by atoms with E-state index in [4.69, 9.17) is 21.1 Å². The summed E-state index contributed by atoms with van der Waals surface area (Å²) < 4.78 is 11.5. The summed E-state index contributed by atoms with van der Waals surface area (Å²) in [5, 5.41) is 0.601. The van der Waals surface area contributed by atoms with Gasteiger partial charge < -0.3 is 14.4 Å². The summed E-state index contributed by atoms with van der Waals surface area (Å²) >= 11 is 6.16. The maximum absolute atomic E-state index is 12.6. The quantitative estimate of drug-likeness (QED) is 0.387. The van der Waals surface area contributed by atoms with Crippen LogP contribution in [0, 0.1) is 0 Å². The molecule has 0 spiro atoms. The second kappa shape index (κ2) is 11.0. The lowest BCUT2D eigenvalue weighted by Gasteiger charge is -2.26. The predicted octanol–water partition coefficient (Wildman–Crippen LogP) is 6.30. The van der Waals surface area contributed by atoms with Crippen molar-refractivity contribution in [2.24, 2.45) is 4.99 Å². The molecule has 0 aliphatic carbocycles. The van der Waals surface area contributed by atoms with Crippen LogP contribution in [-0.2, 0) is 6.61 Å².